The molecule has 6 nitrogen and oxygen atoms in total. The van der Waals surface area contributed by atoms with Crippen LogP contribution in [-0.4, -0.2) is 37.2 Å². The molecule has 0 saturated carbocycles. The third kappa shape index (κ3) is 1.62. The summed E-state index contributed by atoms with van der Waals surface area (Å²) in [5.74, 6) is -0.983. The lowest BCUT2D eigenvalue weighted by atomic mass is 10.1. The largest absolute Gasteiger partial charge is 0.477 e. The van der Waals surface area contributed by atoms with Crippen LogP contribution < -0.4 is 16.0 Å². The number of aromatic nitrogens is 1. The molecular formula is C12H16N4O2. The Morgan fingerprint density at radius 1 is 1.11 bits per heavy atom. The van der Waals surface area contributed by atoms with Gasteiger partial charge in [-0.2, -0.15) is 0 Å². The highest BCUT2D eigenvalue weighted by molar-refractivity contribution is 6.11. The highest BCUT2D eigenvalue weighted by Gasteiger charge is 2.18. The van der Waals surface area contributed by atoms with E-state index in [1.165, 1.54) is 0 Å². The molecule has 0 fully saturated rings. The van der Waals surface area contributed by atoms with Gasteiger partial charge >= 0.3 is 5.97 Å². The van der Waals surface area contributed by atoms with E-state index < -0.39 is 5.97 Å². The summed E-state index contributed by atoms with van der Waals surface area (Å²) >= 11 is 0. The molecule has 0 bridgehead atoms. The lowest BCUT2D eigenvalue weighted by molar-refractivity contribution is 0.0692. The first-order chi connectivity index (χ1) is 8.63. The SMILES string of the molecule is CNc1ccc2c(NC)c(C(=O)O)[nH]c2c1NC. The fourth-order valence-electron chi connectivity index (χ4n) is 2.15. The highest BCUT2D eigenvalue weighted by atomic mass is 16.4. The molecule has 1 heterocycles. The van der Waals surface area contributed by atoms with Crippen LogP contribution in [0.15, 0.2) is 12.1 Å². The van der Waals surface area contributed by atoms with E-state index in [2.05, 4.69) is 20.9 Å². The van der Waals surface area contributed by atoms with E-state index in [-0.39, 0.29) is 5.69 Å². The second-order valence-electron chi connectivity index (χ2n) is 3.84. The Hall–Kier alpha value is -2.37. The molecule has 1 aromatic heterocycles. The van der Waals surface area contributed by atoms with Gasteiger partial charge in [0.2, 0.25) is 0 Å². The summed E-state index contributed by atoms with van der Waals surface area (Å²) in [6.07, 6.45) is 0. The summed E-state index contributed by atoms with van der Waals surface area (Å²) in [4.78, 5) is 14.1. The zero-order valence-corrected chi connectivity index (χ0v) is 10.5. The molecule has 0 radical (unpaired) electrons. The van der Waals surface area contributed by atoms with Crippen molar-refractivity contribution >= 4 is 33.9 Å². The van der Waals surface area contributed by atoms with Gasteiger partial charge in [0.05, 0.1) is 22.6 Å². The van der Waals surface area contributed by atoms with Gasteiger partial charge < -0.3 is 26.0 Å². The van der Waals surface area contributed by atoms with E-state index in [0.29, 0.717) is 5.69 Å². The minimum Gasteiger partial charge on any atom is -0.477 e. The molecule has 0 aliphatic rings. The Morgan fingerprint density at radius 2 is 1.78 bits per heavy atom. The summed E-state index contributed by atoms with van der Waals surface area (Å²) in [5, 5.41) is 19.1. The van der Waals surface area contributed by atoms with Crippen LogP contribution in [-0.2, 0) is 0 Å². The standard InChI is InChI=1S/C12H16N4O2/c1-13-7-5-4-6-8(14-2)11(12(17)18)16-9(6)10(7)15-3/h4-5,13-16H,1-3H3,(H,17,18). The summed E-state index contributed by atoms with van der Waals surface area (Å²) in [6.45, 7) is 0. The predicted octanol–water partition coefficient (Wildman–Crippen LogP) is 1.99. The average Bonchev–Trinajstić information content (AvgIpc) is 2.75. The fraction of sp³-hybridized carbons (Fsp3) is 0.250. The van der Waals surface area contributed by atoms with Gasteiger partial charge in [-0.3, -0.25) is 0 Å². The monoisotopic (exact) mass is 248 g/mol. The van der Waals surface area contributed by atoms with E-state index in [1.54, 1.807) is 14.1 Å². The van der Waals surface area contributed by atoms with Crippen molar-refractivity contribution in [1.29, 1.82) is 0 Å². The van der Waals surface area contributed by atoms with Gasteiger partial charge in [0.1, 0.15) is 5.69 Å². The third-order valence-electron chi connectivity index (χ3n) is 2.96. The molecule has 6 heteroatoms. The van der Waals surface area contributed by atoms with Crippen molar-refractivity contribution in [3.8, 4) is 0 Å². The van der Waals surface area contributed by atoms with Crippen LogP contribution in [0.1, 0.15) is 10.5 Å². The van der Waals surface area contributed by atoms with Crippen LogP contribution >= 0.6 is 0 Å². The first kappa shape index (κ1) is 12.1. The van der Waals surface area contributed by atoms with Crippen LogP contribution in [0, 0.1) is 0 Å². The number of anilines is 3. The minimum absolute atomic E-state index is 0.164. The molecule has 0 spiro atoms. The number of carboxylic acid groups (broad SMARTS) is 1. The third-order valence-corrected chi connectivity index (χ3v) is 2.96. The summed E-state index contributed by atoms with van der Waals surface area (Å²) in [6, 6.07) is 3.80. The van der Waals surface area contributed by atoms with Crippen LogP contribution in [0.5, 0.6) is 0 Å². The molecule has 0 aliphatic heterocycles. The normalized spacial score (nSPS) is 10.4. The van der Waals surface area contributed by atoms with Crippen molar-refractivity contribution in [2.75, 3.05) is 37.1 Å². The van der Waals surface area contributed by atoms with E-state index >= 15 is 0 Å². The molecule has 18 heavy (non-hydrogen) atoms. The van der Waals surface area contributed by atoms with Gasteiger partial charge in [-0.1, -0.05) is 0 Å². The van der Waals surface area contributed by atoms with E-state index in [4.69, 9.17) is 0 Å². The Balaban J connectivity index is 2.82. The number of carbonyl (C=O) groups is 1. The number of carboxylic acids is 1. The lowest BCUT2D eigenvalue weighted by Crippen LogP contribution is -2.01. The predicted molar refractivity (Wildman–Crippen MR) is 73.9 cm³/mol. The number of nitrogens with one attached hydrogen (secondary N) is 4. The van der Waals surface area contributed by atoms with Gasteiger partial charge in [0, 0.05) is 26.5 Å². The van der Waals surface area contributed by atoms with Crippen LogP contribution in [0.25, 0.3) is 10.9 Å². The van der Waals surface area contributed by atoms with Gasteiger partial charge in [-0.15, -0.1) is 0 Å². The molecule has 0 saturated heterocycles. The first-order valence-electron chi connectivity index (χ1n) is 5.59. The number of H-pyrrole nitrogens is 1. The molecule has 96 valence electrons. The maximum Gasteiger partial charge on any atom is 0.354 e. The summed E-state index contributed by atoms with van der Waals surface area (Å²) in [5.41, 5.74) is 3.28. The quantitative estimate of drug-likeness (QED) is 0.571. The maximum absolute atomic E-state index is 11.2. The summed E-state index contributed by atoms with van der Waals surface area (Å²) in [7, 11) is 5.33. The Kier molecular flexibility index (Phi) is 3.01. The van der Waals surface area contributed by atoms with Gasteiger partial charge in [0.25, 0.3) is 0 Å². The number of hydrogen-bond donors (Lipinski definition) is 5. The number of aromatic carboxylic acids is 1. The van der Waals surface area contributed by atoms with Crippen LogP contribution in [0.2, 0.25) is 0 Å². The number of benzene rings is 1. The van der Waals surface area contributed by atoms with E-state index in [1.807, 2.05) is 19.2 Å². The summed E-state index contributed by atoms with van der Waals surface area (Å²) < 4.78 is 0. The zero-order chi connectivity index (χ0) is 13.3. The number of hydrogen-bond acceptors (Lipinski definition) is 4. The van der Waals surface area contributed by atoms with Crippen molar-refractivity contribution in [2.24, 2.45) is 0 Å². The van der Waals surface area contributed by atoms with E-state index in [9.17, 15) is 9.90 Å². The minimum atomic E-state index is -0.983. The molecule has 1 aromatic carbocycles. The molecule has 5 N–H and O–H groups in total. The molecule has 2 rings (SSSR count). The Morgan fingerprint density at radius 3 is 2.28 bits per heavy atom. The van der Waals surface area contributed by atoms with Crippen molar-refractivity contribution in [1.82, 2.24) is 4.98 Å². The van der Waals surface area contributed by atoms with Crippen molar-refractivity contribution in [3.63, 3.8) is 0 Å². The number of fused-ring (bicyclic) bond motifs is 1. The first-order valence-corrected chi connectivity index (χ1v) is 5.59. The van der Waals surface area contributed by atoms with Crippen molar-refractivity contribution in [3.05, 3.63) is 17.8 Å². The second kappa shape index (κ2) is 4.48. The molecule has 0 amide bonds. The lowest BCUT2D eigenvalue weighted by Gasteiger charge is -2.09. The van der Waals surface area contributed by atoms with Gasteiger partial charge in [-0.05, 0) is 12.1 Å². The average molecular weight is 248 g/mol. The Bertz CT molecular complexity index is 604. The number of rotatable bonds is 4. The highest BCUT2D eigenvalue weighted by Crippen LogP contribution is 2.36. The molecule has 2 aromatic rings. The fourth-order valence-corrected chi connectivity index (χ4v) is 2.15. The smallest absolute Gasteiger partial charge is 0.354 e. The van der Waals surface area contributed by atoms with Crippen LogP contribution in [0.4, 0.5) is 17.1 Å². The van der Waals surface area contributed by atoms with Crippen molar-refractivity contribution in [2.45, 2.75) is 0 Å². The second-order valence-corrected chi connectivity index (χ2v) is 3.84. The molecule has 0 unspecified atom stereocenters. The Labute approximate surface area is 104 Å². The maximum atomic E-state index is 11.2. The van der Waals surface area contributed by atoms with Gasteiger partial charge in [-0.25, -0.2) is 4.79 Å². The number of aromatic amines is 1. The molecular weight excluding hydrogens is 232 g/mol. The van der Waals surface area contributed by atoms with E-state index in [0.717, 1.165) is 22.3 Å². The van der Waals surface area contributed by atoms with Crippen molar-refractivity contribution < 1.29 is 9.90 Å². The zero-order valence-electron chi connectivity index (χ0n) is 10.5. The topological polar surface area (TPSA) is 89.2 Å². The van der Waals surface area contributed by atoms with Gasteiger partial charge in [0.15, 0.2) is 0 Å². The molecule has 0 atom stereocenters. The molecule has 0 aliphatic carbocycles. The van der Waals surface area contributed by atoms with Crippen LogP contribution in [0.3, 0.4) is 0 Å².